The van der Waals surface area contributed by atoms with Crippen LogP contribution >= 0.6 is 0 Å². The van der Waals surface area contributed by atoms with Crippen molar-refractivity contribution in [3.8, 4) is 5.75 Å². The summed E-state index contributed by atoms with van der Waals surface area (Å²) in [7, 11) is -0.418. The van der Waals surface area contributed by atoms with Gasteiger partial charge in [0.1, 0.15) is 19.0 Å². The van der Waals surface area contributed by atoms with Gasteiger partial charge in [-0.15, -0.1) is 0 Å². The third kappa shape index (κ3) is 8.23. The number of ether oxygens (including phenoxy) is 3. The molecule has 3 aromatic rings. The van der Waals surface area contributed by atoms with Crippen LogP contribution < -0.4 is 4.74 Å². The Labute approximate surface area is 225 Å². The molecule has 39 heavy (non-hydrogen) atoms. The van der Waals surface area contributed by atoms with E-state index in [4.69, 9.17) is 14.2 Å². The van der Waals surface area contributed by atoms with E-state index in [1.165, 1.54) is 35.7 Å². The Morgan fingerprint density at radius 1 is 1.18 bits per heavy atom. The van der Waals surface area contributed by atoms with Crippen molar-refractivity contribution in [2.45, 2.75) is 44.0 Å². The molecule has 0 spiro atoms. The minimum absolute atomic E-state index is 0.0352. The summed E-state index contributed by atoms with van der Waals surface area (Å²) in [6.45, 7) is 3.36. The van der Waals surface area contributed by atoms with E-state index in [0.717, 1.165) is 0 Å². The fourth-order valence-corrected chi connectivity index (χ4v) is 4.64. The van der Waals surface area contributed by atoms with Crippen molar-refractivity contribution in [1.82, 2.24) is 19.4 Å². The lowest BCUT2D eigenvalue weighted by molar-refractivity contribution is -0.153. The van der Waals surface area contributed by atoms with Gasteiger partial charge >= 0.3 is 18.2 Å². The summed E-state index contributed by atoms with van der Waals surface area (Å²) in [5.41, 5.74) is 1.37. The molecule has 14 heteroatoms. The number of hydrogen-bond donors (Lipinski definition) is 0. The van der Waals surface area contributed by atoms with Crippen LogP contribution in [-0.2, 0) is 30.8 Å². The Morgan fingerprint density at radius 3 is 2.59 bits per heavy atom. The zero-order valence-corrected chi connectivity index (χ0v) is 22.7. The summed E-state index contributed by atoms with van der Waals surface area (Å²) in [6.07, 6.45) is -3.39. The van der Waals surface area contributed by atoms with Gasteiger partial charge in [-0.3, -0.25) is 9.19 Å². The Kier molecular flexibility index (Phi) is 10.0. The standard InChI is InChI=1S/C25H29F3N4O6S/c1-16(2)37-13-22(33)36-12-11-31(4)24(34)32-20-8-6-5-7-18(20)30-23(32)39(35)14-19-17(3)21(9-10-29-19)38-15-25(26,27)28/h5-10,16H,11-15H2,1-4H3/t39-/m1/s1. The van der Waals surface area contributed by atoms with Crippen LogP contribution in [0, 0.1) is 6.92 Å². The van der Waals surface area contributed by atoms with Crippen molar-refractivity contribution in [2.24, 2.45) is 0 Å². The van der Waals surface area contributed by atoms with Gasteiger partial charge in [-0.1, -0.05) is 12.1 Å². The van der Waals surface area contributed by atoms with E-state index >= 15 is 0 Å². The third-order valence-corrected chi connectivity index (χ3v) is 6.61. The molecule has 0 saturated carbocycles. The largest absolute Gasteiger partial charge is 0.484 e. The number of likely N-dealkylation sites (N-methyl/N-ethyl adjacent to an activating group) is 1. The molecule has 1 aromatic carbocycles. The number of nitrogens with zero attached hydrogens (tertiary/aromatic N) is 4. The highest BCUT2D eigenvalue weighted by Gasteiger charge is 2.29. The number of fused-ring (bicyclic) bond motifs is 1. The van der Waals surface area contributed by atoms with Crippen molar-refractivity contribution in [1.29, 1.82) is 0 Å². The molecule has 0 aliphatic carbocycles. The van der Waals surface area contributed by atoms with Gasteiger partial charge in [-0.25, -0.2) is 19.1 Å². The van der Waals surface area contributed by atoms with Crippen LogP contribution in [0.1, 0.15) is 25.1 Å². The Morgan fingerprint density at radius 2 is 1.90 bits per heavy atom. The number of rotatable bonds is 11. The van der Waals surface area contributed by atoms with Gasteiger partial charge in [-0.2, -0.15) is 13.2 Å². The second-order valence-electron chi connectivity index (χ2n) is 8.78. The number of amides is 1. The van der Waals surface area contributed by atoms with E-state index in [1.807, 2.05) is 0 Å². The summed E-state index contributed by atoms with van der Waals surface area (Å²) in [4.78, 5) is 35.0. The van der Waals surface area contributed by atoms with Crippen LogP contribution in [0.25, 0.3) is 11.0 Å². The molecule has 10 nitrogen and oxygen atoms in total. The molecule has 2 heterocycles. The lowest BCUT2D eigenvalue weighted by Crippen LogP contribution is -2.35. The van der Waals surface area contributed by atoms with Gasteiger partial charge in [0.25, 0.3) is 0 Å². The number of esters is 1. The maximum atomic E-state index is 13.5. The Bertz CT molecular complexity index is 1350. The number of carbonyl (C=O) groups excluding carboxylic acids is 2. The smallest absolute Gasteiger partial charge is 0.422 e. The summed E-state index contributed by atoms with van der Waals surface area (Å²) >= 11 is 0. The highest BCUT2D eigenvalue weighted by atomic mass is 32.2. The summed E-state index contributed by atoms with van der Waals surface area (Å²) in [5, 5.41) is -0.0572. The number of alkyl halides is 3. The molecular formula is C25H29F3N4O6S. The van der Waals surface area contributed by atoms with Crippen molar-refractivity contribution in [2.75, 3.05) is 33.4 Å². The molecule has 1 amide bonds. The number of carbonyl (C=O) groups is 2. The summed E-state index contributed by atoms with van der Waals surface area (Å²) < 4.78 is 67.6. The van der Waals surface area contributed by atoms with Gasteiger partial charge in [0.15, 0.2) is 6.61 Å². The molecule has 0 aliphatic heterocycles. The van der Waals surface area contributed by atoms with E-state index < -0.39 is 35.6 Å². The normalized spacial score (nSPS) is 12.5. The SMILES string of the molecule is Cc1c(OCC(F)(F)F)ccnc1C[S@@](=O)c1nc2ccccc2n1C(=O)N(C)CCOC(=O)COC(C)C. The van der Waals surface area contributed by atoms with E-state index in [1.54, 1.807) is 38.1 Å². The first kappa shape index (κ1) is 30.0. The predicted octanol–water partition coefficient (Wildman–Crippen LogP) is 3.86. The number of imidazole rings is 1. The number of aromatic nitrogens is 3. The second kappa shape index (κ2) is 13.0. The predicted molar refractivity (Wildman–Crippen MR) is 136 cm³/mol. The molecule has 0 fully saturated rings. The van der Waals surface area contributed by atoms with Gasteiger partial charge < -0.3 is 19.1 Å². The number of halogens is 3. The highest BCUT2D eigenvalue weighted by Crippen LogP contribution is 2.26. The first-order chi connectivity index (χ1) is 18.4. The van der Waals surface area contributed by atoms with E-state index in [0.29, 0.717) is 16.6 Å². The Balaban J connectivity index is 1.79. The summed E-state index contributed by atoms with van der Waals surface area (Å²) in [5.74, 6) is -0.821. The summed E-state index contributed by atoms with van der Waals surface area (Å²) in [6, 6.07) is 7.45. The topological polar surface area (TPSA) is 113 Å². The van der Waals surface area contributed by atoms with Crippen molar-refractivity contribution >= 4 is 33.8 Å². The van der Waals surface area contributed by atoms with Crippen LogP contribution in [0.15, 0.2) is 41.7 Å². The lowest BCUT2D eigenvalue weighted by atomic mass is 10.2. The maximum Gasteiger partial charge on any atom is 0.422 e. The molecule has 1 atom stereocenters. The lowest BCUT2D eigenvalue weighted by Gasteiger charge is -2.19. The number of benzene rings is 1. The first-order valence-corrected chi connectivity index (χ1v) is 13.2. The molecule has 0 aliphatic rings. The van der Waals surface area contributed by atoms with E-state index in [-0.39, 0.29) is 48.2 Å². The zero-order valence-electron chi connectivity index (χ0n) is 21.9. The van der Waals surface area contributed by atoms with Crippen molar-refractivity contribution in [3.63, 3.8) is 0 Å². The molecule has 0 N–H and O–H groups in total. The molecule has 0 unspecified atom stereocenters. The van der Waals surface area contributed by atoms with E-state index in [9.17, 15) is 27.0 Å². The maximum absolute atomic E-state index is 13.5. The van der Waals surface area contributed by atoms with Crippen molar-refractivity contribution in [3.05, 3.63) is 47.8 Å². The fraction of sp³-hybridized carbons (Fsp3) is 0.440. The second-order valence-corrected chi connectivity index (χ2v) is 10.1. The third-order valence-electron chi connectivity index (χ3n) is 5.39. The Hall–Kier alpha value is -3.52. The highest BCUT2D eigenvalue weighted by molar-refractivity contribution is 7.84. The minimum atomic E-state index is -4.52. The molecule has 3 rings (SSSR count). The molecule has 0 saturated heterocycles. The quantitative estimate of drug-likeness (QED) is 0.320. The monoisotopic (exact) mass is 570 g/mol. The first-order valence-electron chi connectivity index (χ1n) is 11.9. The zero-order chi connectivity index (χ0) is 28.7. The van der Waals surface area contributed by atoms with E-state index in [2.05, 4.69) is 9.97 Å². The van der Waals surface area contributed by atoms with Crippen molar-refractivity contribution < 1.29 is 41.2 Å². The number of para-hydroxylation sites is 2. The average Bonchev–Trinajstić information content (AvgIpc) is 3.26. The molecular weight excluding hydrogens is 541 g/mol. The molecule has 212 valence electrons. The minimum Gasteiger partial charge on any atom is -0.484 e. The average molecular weight is 571 g/mol. The molecule has 2 aromatic heterocycles. The van der Waals surface area contributed by atoms with Crippen LogP contribution in [0.4, 0.5) is 18.0 Å². The molecule has 0 bridgehead atoms. The van der Waals surface area contributed by atoms with Gasteiger partial charge in [0, 0.05) is 18.8 Å². The molecule has 0 radical (unpaired) electrons. The van der Waals surface area contributed by atoms with Crippen LogP contribution in [0.5, 0.6) is 5.75 Å². The van der Waals surface area contributed by atoms with Crippen LogP contribution in [0.2, 0.25) is 0 Å². The number of hydrogen-bond acceptors (Lipinski definition) is 8. The van der Waals surface area contributed by atoms with Gasteiger partial charge in [0.2, 0.25) is 5.16 Å². The van der Waals surface area contributed by atoms with Gasteiger partial charge in [-0.05, 0) is 39.0 Å². The fourth-order valence-electron chi connectivity index (χ4n) is 3.39. The van der Waals surface area contributed by atoms with Crippen LogP contribution in [0.3, 0.4) is 0 Å². The van der Waals surface area contributed by atoms with Crippen LogP contribution in [-0.4, -0.2) is 81.3 Å². The van der Waals surface area contributed by atoms with Gasteiger partial charge in [0.05, 0.1) is 45.9 Å². The number of pyridine rings is 1.